The first-order valence-corrected chi connectivity index (χ1v) is 5.87. The lowest BCUT2D eigenvalue weighted by Crippen LogP contribution is -2.03. The van der Waals surface area contributed by atoms with Gasteiger partial charge >= 0.3 is 0 Å². The molecule has 0 aliphatic carbocycles. The number of carbonyl (C=O) groups is 1. The molecule has 0 N–H and O–H groups in total. The van der Waals surface area contributed by atoms with E-state index in [2.05, 4.69) is 4.98 Å². The van der Waals surface area contributed by atoms with Gasteiger partial charge in [-0.15, -0.1) is 0 Å². The minimum Gasteiger partial charge on any atom is -0.451 e. The molecule has 3 rings (SSSR count). The fourth-order valence-corrected chi connectivity index (χ4v) is 2.05. The highest BCUT2D eigenvalue weighted by atomic mass is 35.5. The van der Waals surface area contributed by atoms with Crippen molar-refractivity contribution < 1.29 is 13.6 Å². The van der Waals surface area contributed by atoms with Crippen molar-refractivity contribution >= 4 is 28.4 Å². The number of halogens is 2. The van der Waals surface area contributed by atoms with Crippen molar-refractivity contribution in [1.29, 1.82) is 0 Å². The number of rotatable bonds is 2. The molecule has 0 atom stereocenters. The summed E-state index contributed by atoms with van der Waals surface area (Å²) in [6, 6.07) is 8.04. The van der Waals surface area contributed by atoms with Crippen molar-refractivity contribution in [3.63, 3.8) is 0 Å². The van der Waals surface area contributed by atoms with Gasteiger partial charge < -0.3 is 4.42 Å². The Morgan fingerprint density at radius 3 is 2.89 bits per heavy atom. The van der Waals surface area contributed by atoms with Gasteiger partial charge in [0.05, 0.1) is 16.8 Å². The van der Waals surface area contributed by atoms with Crippen LogP contribution in [0.25, 0.3) is 11.0 Å². The molecule has 94 valence electrons. The van der Waals surface area contributed by atoms with E-state index in [4.69, 9.17) is 16.0 Å². The SMILES string of the molecule is O=C(c1cc2cccc(Cl)c2o1)c1ccncc1F. The second-order valence-corrected chi connectivity index (χ2v) is 4.36. The van der Waals surface area contributed by atoms with Gasteiger partial charge in [0.25, 0.3) is 0 Å². The van der Waals surface area contributed by atoms with Gasteiger partial charge in [-0.2, -0.15) is 0 Å². The topological polar surface area (TPSA) is 43.1 Å². The normalized spacial score (nSPS) is 10.8. The third-order valence-electron chi connectivity index (χ3n) is 2.74. The van der Waals surface area contributed by atoms with Crippen molar-refractivity contribution in [3.8, 4) is 0 Å². The predicted molar refractivity (Wildman–Crippen MR) is 68.9 cm³/mol. The molecule has 0 saturated heterocycles. The molecular formula is C14H7ClFNO2. The highest BCUT2D eigenvalue weighted by Crippen LogP contribution is 2.27. The first-order valence-electron chi connectivity index (χ1n) is 5.49. The largest absolute Gasteiger partial charge is 0.451 e. The summed E-state index contributed by atoms with van der Waals surface area (Å²) in [6.07, 6.45) is 2.34. The maximum absolute atomic E-state index is 13.5. The van der Waals surface area contributed by atoms with Gasteiger partial charge in [-0.25, -0.2) is 4.39 Å². The van der Waals surface area contributed by atoms with Crippen LogP contribution in [0.3, 0.4) is 0 Å². The van der Waals surface area contributed by atoms with Crippen LogP contribution >= 0.6 is 11.6 Å². The Labute approximate surface area is 112 Å². The molecule has 0 fully saturated rings. The van der Waals surface area contributed by atoms with Gasteiger partial charge in [-0.05, 0) is 18.2 Å². The average Bonchev–Trinajstić information content (AvgIpc) is 2.84. The van der Waals surface area contributed by atoms with Crippen LogP contribution < -0.4 is 0 Å². The van der Waals surface area contributed by atoms with Crippen molar-refractivity contribution in [2.45, 2.75) is 0 Å². The first kappa shape index (κ1) is 11.9. The maximum atomic E-state index is 13.5. The maximum Gasteiger partial charge on any atom is 0.231 e. The number of hydrogen-bond acceptors (Lipinski definition) is 3. The number of nitrogens with zero attached hydrogens (tertiary/aromatic N) is 1. The molecule has 3 aromatic rings. The summed E-state index contributed by atoms with van der Waals surface area (Å²) in [5.74, 6) is -1.17. The number of pyridine rings is 1. The Bertz CT molecular complexity index is 782. The summed E-state index contributed by atoms with van der Waals surface area (Å²) in [4.78, 5) is 15.7. The molecule has 5 heteroatoms. The minimum absolute atomic E-state index is 0.0493. The second-order valence-electron chi connectivity index (χ2n) is 3.95. The average molecular weight is 276 g/mol. The molecule has 1 aromatic carbocycles. The zero-order valence-electron chi connectivity index (χ0n) is 9.56. The highest BCUT2D eigenvalue weighted by molar-refractivity contribution is 6.35. The molecule has 0 aliphatic heterocycles. The number of aromatic nitrogens is 1. The van der Waals surface area contributed by atoms with Crippen LogP contribution in [0.1, 0.15) is 16.1 Å². The molecule has 0 aliphatic rings. The smallest absolute Gasteiger partial charge is 0.231 e. The molecular weight excluding hydrogens is 269 g/mol. The van der Waals surface area contributed by atoms with Gasteiger partial charge in [0.15, 0.2) is 17.2 Å². The number of benzene rings is 1. The van der Waals surface area contributed by atoms with E-state index < -0.39 is 11.6 Å². The van der Waals surface area contributed by atoms with E-state index in [1.807, 2.05) is 0 Å². The number of para-hydroxylation sites is 1. The predicted octanol–water partition coefficient (Wildman–Crippen LogP) is 3.85. The molecule has 0 amide bonds. The zero-order valence-corrected chi connectivity index (χ0v) is 10.3. The van der Waals surface area contributed by atoms with Gasteiger partial charge in [0.1, 0.15) is 0 Å². The Kier molecular flexibility index (Phi) is 2.80. The van der Waals surface area contributed by atoms with Gasteiger partial charge in [-0.3, -0.25) is 9.78 Å². The summed E-state index contributed by atoms with van der Waals surface area (Å²) in [5.41, 5.74) is 0.340. The van der Waals surface area contributed by atoms with Crippen molar-refractivity contribution in [2.75, 3.05) is 0 Å². The van der Waals surface area contributed by atoms with Crippen LogP contribution in [-0.4, -0.2) is 10.8 Å². The number of furan rings is 1. The molecule has 0 unspecified atom stereocenters. The lowest BCUT2D eigenvalue weighted by molar-refractivity contribution is 0.101. The Hall–Kier alpha value is -2.20. The van der Waals surface area contributed by atoms with E-state index in [1.54, 1.807) is 24.3 Å². The standard InChI is InChI=1S/C14H7ClFNO2/c15-10-3-1-2-8-6-12(19-14(8)10)13(18)9-4-5-17-7-11(9)16/h1-7H. The van der Waals surface area contributed by atoms with Gasteiger partial charge in [0.2, 0.25) is 5.78 Å². The van der Waals surface area contributed by atoms with Crippen LogP contribution in [0.2, 0.25) is 5.02 Å². The Morgan fingerprint density at radius 1 is 1.32 bits per heavy atom. The fraction of sp³-hybridized carbons (Fsp3) is 0. The number of hydrogen-bond donors (Lipinski definition) is 0. The highest BCUT2D eigenvalue weighted by Gasteiger charge is 2.18. The Morgan fingerprint density at radius 2 is 2.16 bits per heavy atom. The molecule has 0 saturated carbocycles. The number of fused-ring (bicyclic) bond motifs is 1. The minimum atomic E-state index is -0.681. The van der Waals surface area contributed by atoms with E-state index in [0.29, 0.717) is 16.0 Å². The van der Waals surface area contributed by atoms with Crippen molar-refractivity contribution in [1.82, 2.24) is 4.98 Å². The summed E-state index contributed by atoms with van der Waals surface area (Å²) < 4.78 is 18.9. The Balaban J connectivity index is 2.12. The molecule has 2 aromatic heterocycles. The molecule has 0 radical (unpaired) electrons. The van der Waals surface area contributed by atoms with E-state index in [0.717, 1.165) is 6.20 Å². The third kappa shape index (κ3) is 2.00. The zero-order chi connectivity index (χ0) is 13.4. The van der Waals surface area contributed by atoms with E-state index >= 15 is 0 Å². The lowest BCUT2D eigenvalue weighted by atomic mass is 10.1. The quantitative estimate of drug-likeness (QED) is 0.667. The summed E-state index contributed by atoms with van der Waals surface area (Å²) in [5, 5.41) is 1.11. The van der Waals surface area contributed by atoms with Crippen LogP contribution in [0.15, 0.2) is 47.1 Å². The summed E-state index contributed by atoms with van der Waals surface area (Å²) in [6.45, 7) is 0. The summed E-state index contributed by atoms with van der Waals surface area (Å²) >= 11 is 5.96. The van der Waals surface area contributed by atoms with E-state index in [9.17, 15) is 9.18 Å². The number of ketones is 1. The second kappa shape index (κ2) is 4.48. The monoisotopic (exact) mass is 275 g/mol. The van der Waals surface area contributed by atoms with E-state index in [-0.39, 0.29) is 11.3 Å². The van der Waals surface area contributed by atoms with E-state index in [1.165, 1.54) is 12.3 Å². The molecule has 0 spiro atoms. The molecule has 3 nitrogen and oxygen atoms in total. The molecule has 2 heterocycles. The van der Waals surface area contributed by atoms with Crippen molar-refractivity contribution in [2.24, 2.45) is 0 Å². The fourth-order valence-electron chi connectivity index (χ4n) is 1.83. The number of carbonyl (C=O) groups excluding carboxylic acids is 1. The third-order valence-corrected chi connectivity index (χ3v) is 3.03. The van der Waals surface area contributed by atoms with Gasteiger partial charge in [0, 0.05) is 11.6 Å². The first-order chi connectivity index (χ1) is 9.16. The van der Waals surface area contributed by atoms with Crippen LogP contribution in [0.5, 0.6) is 0 Å². The molecule has 19 heavy (non-hydrogen) atoms. The van der Waals surface area contributed by atoms with Crippen molar-refractivity contribution in [3.05, 3.63) is 64.9 Å². The van der Waals surface area contributed by atoms with Crippen LogP contribution in [-0.2, 0) is 0 Å². The van der Waals surface area contributed by atoms with Crippen LogP contribution in [0.4, 0.5) is 4.39 Å². The summed E-state index contributed by atoms with van der Waals surface area (Å²) in [7, 11) is 0. The van der Waals surface area contributed by atoms with Gasteiger partial charge in [-0.1, -0.05) is 23.7 Å². The molecule has 0 bridgehead atoms. The van der Waals surface area contributed by atoms with Crippen LogP contribution in [0, 0.1) is 5.82 Å². The lowest BCUT2D eigenvalue weighted by Gasteiger charge is -1.98.